The topological polar surface area (TPSA) is 49.8 Å². The Labute approximate surface area is 112 Å². The SMILES string of the molecule is O=c1[nH]c2cc(C(F)(F)F)ccc2n1CC1CCCN1. The molecule has 20 heavy (non-hydrogen) atoms. The van der Waals surface area contributed by atoms with Crippen LogP contribution in [0, 0.1) is 0 Å². The van der Waals surface area contributed by atoms with Crippen LogP contribution in [0.2, 0.25) is 0 Å². The number of rotatable bonds is 2. The molecule has 4 nitrogen and oxygen atoms in total. The maximum Gasteiger partial charge on any atom is 0.416 e. The third-order valence-corrected chi connectivity index (χ3v) is 3.67. The number of halogens is 3. The summed E-state index contributed by atoms with van der Waals surface area (Å²) in [5.74, 6) is 0. The van der Waals surface area contributed by atoms with Gasteiger partial charge in [0.2, 0.25) is 0 Å². The molecule has 1 aliphatic rings. The summed E-state index contributed by atoms with van der Waals surface area (Å²) in [6.45, 7) is 1.39. The van der Waals surface area contributed by atoms with Gasteiger partial charge in [-0.15, -0.1) is 0 Å². The van der Waals surface area contributed by atoms with Crippen LogP contribution in [0.5, 0.6) is 0 Å². The van der Waals surface area contributed by atoms with Gasteiger partial charge in [-0.25, -0.2) is 4.79 Å². The second-order valence-corrected chi connectivity index (χ2v) is 5.06. The summed E-state index contributed by atoms with van der Waals surface area (Å²) in [5.41, 5.74) is -0.384. The minimum atomic E-state index is -4.40. The molecule has 1 aromatic heterocycles. The van der Waals surface area contributed by atoms with E-state index in [-0.39, 0.29) is 17.2 Å². The average Bonchev–Trinajstić information content (AvgIpc) is 2.97. The Morgan fingerprint density at radius 3 is 2.80 bits per heavy atom. The van der Waals surface area contributed by atoms with Crippen molar-refractivity contribution in [1.82, 2.24) is 14.9 Å². The molecule has 2 N–H and O–H groups in total. The number of alkyl halides is 3. The second kappa shape index (κ2) is 4.66. The lowest BCUT2D eigenvalue weighted by atomic mass is 10.2. The van der Waals surface area contributed by atoms with Crippen molar-refractivity contribution < 1.29 is 13.2 Å². The van der Waals surface area contributed by atoms with Crippen molar-refractivity contribution in [3.05, 3.63) is 34.2 Å². The number of imidazole rings is 1. The minimum absolute atomic E-state index is 0.203. The quantitative estimate of drug-likeness (QED) is 0.887. The van der Waals surface area contributed by atoms with Crippen molar-refractivity contribution in [1.29, 1.82) is 0 Å². The zero-order chi connectivity index (χ0) is 14.3. The summed E-state index contributed by atoms with van der Waals surface area (Å²) in [6, 6.07) is 3.54. The van der Waals surface area contributed by atoms with Gasteiger partial charge in [0.15, 0.2) is 0 Å². The van der Waals surface area contributed by atoms with Gasteiger partial charge in [-0.1, -0.05) is 0 Å². The van der Waals surface area contributed by atoms with Gasteiger partial charge in [0, 0.05) is 12.6 Å². The van der Waals surface area contributed by atoms with Crippen LogP contribution in [-0.2, 0) is 12.7 Å². The Balaban J connectivity index is 2.01. The van der Waals surface area contributed by atoms with Crippen LogP contribution >= 0.6 is 0 Å². The van der Waals surface area contributed by atoms with Crippen LogP contribution < -0.4 is 11.0 Å². The molecule has 2 aromatic rings. The fourth-order valence-electron chi connectivity index (χ4n) is 2.65. The number of nitrogens with zero attached hydrogens (tertiary/aromatic N) is 1. The van der Waals surface area contributed by atoms with Crippen molar-refractivity contribution in [3.63, 3.8) is 0 Å². The van der Waals surface area contributed by atoms with E-state index in [1.165, 1.54) is 10.6 Å². The fourth-order valence-corrected chi connectivity index (χ4v) is 2.65. The summed E-state index contributed by atoms with van der Waals surface area (Å²) in [6.07, 6.45) is -2.38. The van der Waals surface area contributed by atoms with E-state index >= 15 is 0 Å². The molecular formula is C13H14F3N3O. The minimum Gasteiger partial charge on any atom is -0.312 e. The van der Waals surface area contributed by atoms with Crippen LogP contribution in [0.25, 0.3) is 11.0 Å². The first kappa shape index (κ1) is 13.2. The van der Waals surface area contributed by atoms with Gasteiger partial charge in [0.25, 0.3) is 0 Å². The highest BCUT2D eigenvalue weighted by Crippen LogP contribution is 2.30. The van der Waals surface area contributed by atoms with Gasteiger partial charge >= 0.3 is 11.9 Å². The van der Waals surface area contributed by atoms with Gasteiger partial charge in [0.1, 0.15) is 0 Å². The zero-order valence-electron chi connectivity index (χ0n) is 10.6. The van der Waals surface area contributed by atoms with Gasteiger partial charge < -0.3 is 10.3 Å². The maximum atomic E-state index is 12.6. The predicted molar refractivity (Wildman–Crippen MR) is 68.6 cm³/mol. The normalized spacial score (nSPS) is 19.9. The lowest BCUT2D eigenvalue weighted by Gasteiger charge is -2.11. The Morgan fingerprint density at radius 2 is 2.15 bits per heavy atom. The fraction of sp³-hybridized carbons (Fsp3) is 0.462. The third-order valence-electron chi connectivity index (χ3n) is 3.67. The Bertz CT molecular complexity index is 680. The highest BCUT2D eigenvalue weighted by molar-refractivity contribution is 5.76. The number of benzene rings is 1. The Morgan fingerprint density at radius 1 is 1.35 bits per heavy atom. The van der Waals surface area contributed by atoms with E-state index in [0.717, 1.165) is 31.5 Å². The van der Waals surface area contributed by atoms with Crippen molar-refractivity contribution >= 4 is 11.0 Å². The lowest BCUT2D eigenvalue weighted by Crippen LogP contribution is -2.31. The number of hydrogen-bond acceptors (Lipinski definition) is 2. The molecule has 108 valence electrons. The molecule has 7 heteroatoms. The van der Waals surface area contributed by atoms with Crippen LogP contribution in [0.4, 0.5) is 13.2 Å². The summed E-state index contributed by atoms with van der Waals surface area (Å²) >= 11 is 0. The first-order valence-corrected chi connectivity index (χ1v) is 6.48. The number of nitrogens with one attached hydrogen (secondary N) is 2. The molecule has 0 bridgehead atoms. The highest BCUT2D eigenvalue weighted by atomic mass is 19.4. The molecule has 0 radical (unpaired) electrons. The molecule has 1 atom stereocenters. The van der Waals surface area contributed by atoms with E-state index in [0.29, 0.717) is 12.1 Å². The number of H-pyrrole nitrogens is 1. The van der Waals surface area contributed by atoms with Crippen molar-refractivity contribution in [2.24, 2.45) is 0 Å². The highest BCUT2D eigenvalue weighted by Gasteiger charge is 2.31. The van der Waals surface area contributed by atoms with Crippen LogP contribution in [0.3, 0.4) is 0 Å². The lowest BCUT2D eigenvalue weighted by molar-refractivity contribution is -0.137. The largest absolute Gasteiger partial charge is 0.416 e. The molecular weight excluding hydrogens is 271 g/mol. The van der Waals surface area contributed by atoms with Crippen molar-refractivity contribution in [2.75, 3.05) is 6.54 Å². The molecule has 0 amide bonds. The molecule has 0 aliphatic carbocycles. The zero-order valence-corrected chi connectivity index (χ0v) is 10.6. The molecule has 2 heterocycles. The molecule has 1 aliphatic heterocycles. The molecule has 1 unspecified atom stereocenters. The van der Waals surface area contributed by atoms with Crippen LogP contribution in [0.15, 0.2) is 23.0 Å². The van der Waals surface area contributed by atoms with E-state index in [4.69, 9.17) is 0 Å². The predicted octanol–water partition coefficient (Wildman–Crippen LogP) is 2.10. The summed E-state index contributed by atoms with van der Waals surface area (Å²) in [4.78, 5) is 14.4. The first-order valence-electron chi connectivity index (χ1n) is 6.48. The summed E-state index contributed by atoms with van der Waals surface area (Å²) < 4.78 is 39.4. The molecule has 0 spiro atoms. The number of fused-ring (bicyclic) bond motifs is 1. The van der Waals surface area contributed by atoms with Gasteiger partial charge in [-0.05, 0) is 37.6 Å². The van der Waals surface area contributed by atoms with Crippen molar-refractivity contribution in [3.8, 4) is 0 Å². The molecule has 3 rings (SSSR count). The van der Waals surface area contributed by atoms with E-state index < -0.39 is 11.7 Å². The van der Waals surface area contributed by atoms with E-state index in [1.54, 1.807) is 0 Å². The second-order valence-electron chi connectivity index (χ2n) is 5.06. The summed E-state index contributed by atoms with van der Waals surface area (Å²) in [5, 5.41) is 3.27. The van der Waals surface area contributed by atoms with Crippen LogP contribution in [0.1, 0.15) is 18.4 Å². The number of aromatic amines is 1. The van der Waals surface area contributed by atoms with E-state index in [2.05, 4.69) is 10.3 Å². The van der Waals surface area contributed by atoms with E-state index in [1.807, 2.05) is 0 Å². The van der Waals surface area contributed by atoms with Crippen molar-refractivity contribution in [2.45, 2.75) is 31.6 Å². The third kappa shape index (κ3) is 2.33. The first-order chi connectivity index (χ1) is 9.45. The molecule has 1 fully saturated rings. The van der Waals surface area contributed by atoms with Gasteiger partial charge in [-0.3, -0.25) is 4.57 Å². The van der Waals surface area contributed by atoms with Crippen LogP contribution in [-0.4, -0.2) is 22.1 Å². The summed E-state index contributed by atoms with van der Waals surface area (Å²) in [7, 11) is 0. The monoisotopic (exact) mass is 285 g/mol. The smallest absolute Gasteiger partial charge is 0.312 e. The standard InChI is InChI=1S/C13H14F3N3O/c14-13(15,16)8-3-4-11-10(6-8)18-12(20)19(11)7-9-2-1-5-17-9/h3-4,6,9,17H,1-2,5,7H2,(H,18,20). The van der Waals surface area contributed by atoms with Gasteiger partial charge in [0.05, 0.1) is 16.6 Å². The number of hydrogen-bond donors (Lipinski definition) is 2. The molecule has 1 aromatic carbocycles. The average molecular weight is 285 g/mol. The molecule has 1 saturated heterocycles. The Hall–Kier alpha value is -1.76. The maximum absolute atomic E-state index is 12.6. The number of aromatic nitrogens is 2. The van der Waals surface area contributed by atoms with Gasteiger partial charge in [-0.2, -0.15) is 13.2 Å². The van der Waals surface area contributed by atoms with E-state index in [9.17, 15) is 18.0 Å². The Kier molecular flexibility index (Phi) is 3.08. The molecule has 0 saturated carbocycles.